The molecule has 0 bridgehead atoms. The number of likely N-dealkylation sites (N-methyl/N-ethyl adjacent to an activating group) is 1. The minimum absolute atomic E-state index is 0.0391. The second-order valence-corrected chi connectivity index (χ2v) is 5.44. The van der Waals surface area contributed by atoms with Crippen molar-refractivity contribution in [2.24, 2.45) is 0 Å². The molecule has 0 aliphatic carbocycles. The maximum absolute atomic E-state index is 11.9. The van der Waals surface area contributed by atoms with Crippen molar-refractivity contribution in [3.63, 3.8) is 0 Å². The van der Waals surface area contributed by atoms with E-state index >= 15 is 0 Å². The van der Waals surface area contributed by atoms with Crippen LogP contribution in [0.25, 0.3) is 0 Å². The van der Waals surface area contributed by atoms with Gasteiger partial charge in [-0.2, -0.15) is 0 Å². The van der Waals surface area contributed by atoms with Crippen molar-refractivity contribution in [1.29, 1.82) is 0 Å². The number of carbonyl (C=O) groups is 1. The highest BCUT2D eigenvalue weighted by atomic mass is 35.5. The maximum Gasteiger partial charge on any atom is 0.234 e. The molecule has 0 fully saturated rings. The van der Waals surface area contributed by atoms with Crippen LogP contribution in [0.1, 0.15) is 24.3 Å². The van der Waals surface area contributed by atoms with Gasteiger partial charge in [0.15, 0.2) is 0 Å². The smallest absolute Gasteiger partial charge is 0.234 e. The summed E-state index contributed by atoms with van der Waals surface area (Å²) < 4.78 is 5.18. The van der Waals surface area contributed by atoms with Crippen LogP contribution in [0, 0.1) is 0 Å². The van der Waals surface area contributed by atoms with Gasteiger partial charge in [-0.25, -0.2) is 0 Å². The van der Waals surface area contributed by atoms with E-state index in [4.69, 9.17) is 16.0 Å². The molecule has 1 amide bonds. The summed E-state index contributed by atoms with van der Waals surface area (Å²) in [7, 11) is 1.91. The SMILES string of the molecule is C[C@H](c1cccc(Cl)c1)N(C)CC(=O)NCc1ccco1. The molecule has 0 radical (unpaired) electrons. The van der Waals surface area contributed by atoms with Gasteiger partial charge in [0.05, 0.1) is 19.4 Å². The molecule has 0 saturated heterocycles. The Morgan fingerprint density at radius 3 is 2.86 bits per heavy atom. The predicted octanol–water partition coefficient (Wildman–Crippen LogP) is 3.24. The molecule has 21 heavy (non-hydrogen) atoms. The predicted molar refractivity (Wildman–Crippen MR) is 83.1 cm³/mol. The first-order valence-electron chi connectivity index (χ1n) is 6.81. The van der Waals surface area contributed by atoms with E-state index in [1.54, 1.807) is 12.3 Å². The number of nitrogens with one attached hydrogen (secondary N) is 1. The molecule has 112 valence electrons. The summed E-state index contributed by atoms with van der Waals surface area (Å²) in [6.07, 6.45) is 1.59. The van der Waals surface area contributed by atoms with E-state index in [1.165, 1.54) is 0 Å². The Morgan fingerprint density at radius 1 is 1.38 bits per heavy atom. The number of benzene rings is 1. The Balaban J connectivity index is 1.85. The van der Waals surface area contributed by atoms with Crippen LogP contribution < -0.4 is 5.32 Å². The van der Waals surface area contributed by atoms with Gasteiger partial charge in [0.25, 0.3) is 0 Å². The van der Waals surface area contributed by atoms with Crippen molar-refractivity contribution in [3.05, 3.63) is 59.0 Å². The molecular weight excluding hydrogens is 288 g/mol. The molecule has 1 heterocycles. The molecule has 1 aromatic carbocycles. The molecule has 0 spiro atoms. The molecule has 4 nitrogen and oxygen atoms in total. The molecule has 5 heteroatoms. The molecule has 0 aliphatic heterocycles. The first kappa shape index (κ1) is 15.6. The summed E-state index contributed by atoms with van der Waals surface area (Å²) >= 11 is 6.00. The molecule has 0 unspecified atom stereocenters. The summed E-state index contributed by atoms with van der Waals surface area (Å²) in [5.41, 5.74) is 1.09. The largest absolute Gasteiger partial charge is 0.467 e. The van der Waals surface area contributed by atoms with E-state index < -0.39 is 0 Å². The Morgan fingerprint density at radius 2 is 2.19 bits per heavy atom. The summed E-state index contributed by atoms with van der Waals surface area (Å²) in [5.74, 6) is 0.705. The Hall–Kier alpha value is -1.78. The number of furan rings is 1. The lowest BCUT2D eigenvalue weighted by Gasteiger charge is -2.24. The van der Waals surface area contributed by atoms with Crippen molar-refractivity contribution >= 4 is 17.5 Å². The third kappa shape index (κ3) is 4.62. The number of carbonyl (C=O) groups excluding carboxylic acids is 1. The minimum Gasteiger partial charge on any atom is -0.467 e. The maximum atomic E-state index is 11.9. The molecule has 1 aromatic heterocycles. The van der Waals surface area contributed by atoms with Gasteiger partial charge >= 0.3 is 0 Å². The van der Waals surface area contributed by atoms with E-state index in [0.717, 1.165) is 11.3 Å². The fourth-order valence-corrected chi connectivity index (χ4v) is 2.24. The van der Waals surface area contributed by atoms with Gasteiger partial charge in [-0.1, -0.05) is 23.7 Å². The third-order valence-electron chi connectivity index (χ3n) is 3.43. The van der Waals surface area contributed by atoms with Crippen molar-refractivity contribution < 1.29 is 9.21 Å². The fourth-order valence-electron chi connectivity index (χ4n) is 2.04. The summed E-state index contributed by atoms with van der Waals surface area (Å²) in [4.78, 5) is 13.9. The standard InChI is InChI=1S/C16H19ClN2O2/c1-12(13-5-3-6-14(17)9-13)19(2)11-16(20)18-10-15-7-4-8-21-15/h3-9,12H,10-11H2,1-2H3,(H,18,20)/t12-/m1/s1. The van der Waals surface area contributed by atoms with E-state index in [1.807, 2.05) is 49.2 Å². The Labute approximate surface area is 129 Å². The monoisotopic (exact) mass is 306 g/mol. The molecule has 1 atom stereocenters. The second kappa shape index (κ2) is 7.29. The van der Waals surface area contributed by atoms with Crippen LogP contribution in [-0.4, -0.2) is 24.4 Å². The van der Waals surface area contributed by atoms with Crippen LogP contribution in [0.5, 0.6) is 0 Å². The average molecular weight is 307 g/mol. The number of halogens is 1. The molecule has 0 aliphatic rings. The van der Waals surface area contributed by atoms with Crippen LogP contribution in [0.3, 0.4) is 0 Å². The van der Waals surface area contributed by atoms with Crippen LogP contribution in [0.4, 0.5) is 0 Å². The van der Waals surface area contributed by atoms with Gasteiger partial charge in [-0.05, 0) is 43.8 Å². The van der Waals surface area contributed by atoms with Gasteiger partial charge in [-0.3, -0.25) is 9.69 Å². The highest BCUT2D eigenvalue weighted by Crippen LogP contribution is 2.21. The molecule has 2 rings (SSSR count). The lowest BCUT2D eigenvalue weighted by atomic mass is 10.1. The first-order valence-corrected chi connectivity index (χ1v) is 7.19. The van der Waals surface area contributed by atoms with E-state index in [-0.39, 0.29) is 11.9 Å². The van der Waals surface area contributed by atoms with Gasteiger partial charge in [-0.15, -0.1) is 0 Å². The summed E-state index contributed by atoms with van der Waals surface area (Å²) in [6.45, 7) is 2.77. The van der Waals surface area contributed by atoms with Crippen LogP contribution in [0.2, 0.25) is 5.02 Å². The molecule has 2 aromatic rings. The highest BCUT2D eigenvalue weighted by molar-refractivity contribution is 6.30. The number of amides is 1. The average Bonchev–Trinajstić information content (AvgIpc) is 2.97. The zero-order chi connectivity index (χ0) is 15.2. The zero-order valence-electron chi connectivity index (χ0n) is 12.2. The quantitative estimate of drug-likeness (QED) is 0.891. The van der Waals surface area contributed by atoms with Crippen LogP contribution in [-0.2, 0) is 11.3 Å². The van der Waals surface area contributed by atoms with Gasteiger partial charge < -0.3 is 9.73 Å². The topological polar surface area (TPSA) is 45.5 Å². The normalized spacial score (nSPS) is 12.4. The van der Waals surface area contributed by atoms with Gasteiger partial charge in [0, 0.05) is 11.1 Å². The zero-order valence-corrected chi connectivity index (χ0v) is 12.9. The number of rotatable bonds is 6. The number of hydrogen-bond acceptors (Lipinski definition) is 3. The fraction of sp³-hybridized carbons (Fsp3) is 0.312. The van der Waals surface area contributed by atoms with E-state index in [0.29, 0.717) is 18.1 Å². The van der Waals surface area contributed by atoms with Crippen molar-refractivity contribution in [1.82, 2.24) is 10.2 Å². The first-order chi connectivity index (χ1) is 10.1. The second-order valence-electron chi connectivity index (χ2n) is 5.00. The molecular formula is C16H19ClN2O2. The highest BCUT2D eigenvalue weighted by Gasteiger charge is 2.15. The lowest BCUT2D eigenvalue weighted by molar-refractivity contribution is -0.122. The third-order valence-corrected chi connectivity index (χ3v) is 3.66. The van der Waals surface area contributed by atoms with Crippen molar-refractivity contribution in [3.8, 4) is 0 Å². The number of nitrogens with zero attached hydrogens (tertiary/aromatic N) is 1. The van der Waals surface area contributed by atoms with Crippen LogP contribution >= 0.6 is 11.6 Å². The minimum atomic E-state index is -0.0391. The molecule has 0 saturated carbocycles. The molecule has 1 N–H and O–H groups in total. The Bertz CT molecular complexity index is 584. The van der Waals surface area contributed by atoms with E-state index in [9.17, 15) is 4.79 Å². The summed E-state index contributed by atoms with van der Waals surface area (Å²) in [5, 5.41) is 3.54. The lowest BCUT2D eigenvalue weighted by Crippen LogP contribution is -2.36. The summed E-state index contributed by atoms with van der Waals surface area (Å²) in [6, 6.07) is 11.4. The van der Waals surface area contributed by atoms with Crippen molar-refractivity contribution in [2.75, 3.05) is 13.6 Å². The van der Waals surface area contributed by atoms with E-state index in [2.05, 4.69) is 5.32 Å². The van der Waals surface area contributed by atoms with Gasteiger partial charge in [0.1, 0.15) is 5.76 Å². The Kier molecular flexibility index (Phi) is 5.42. The van der Waals surface area contributed by atoms with Crippen molar-refractivity contribution in [2.45, 2.75) is 19.5 Å². The van der Waals surface area contributed by atoms with Gasteiger partial charge in [0.2, 0.25) is 5.91 Å². The van der Waals surface area contributed by atoms with Crippen LogP contribution in [0.15, 0.2) is 47.1 Å². The number of hydrogen-bond donors (Lipinski definition) is 1.